The lowest BCUT2D eigenvalue weighted by Gasteiger charge is -2.31. The Morgan fingerprint density at radius 3 is 2.04 bits per heavy atom. The van der Waals surface area contributed by atoms with Crippen LogP contribution in [0, 0.1) is 0 Å². The Hall–Kier alpha value is -1.43. The highest BCUT2D eigenvalue weighted by molar-refractivity contribution is 5.42. The summed E-state index contributed by atoms with van der Waals surface area (Å²) in [6, 6.07) is -1.41. The molecule has 1 saturated carbocycles. The summed E-state index contributed by atoms with van der Waals surface area (Å²) in [6.07, 6.45) is -18.8. The maximum atomic E-state index is 14.7. The van der Waals surface area contributed by atoms with Gasteiger partial charge in [-0.05, 0) is 0 Å². The smallest absolute Gasteiger partial charge is 0.341 e. The molecule has 1 aromatic heterocycles. The van der Waals surface area contributed by atoms with E-state index < -0.39 is 78.7 Å². The van der Waals surface area contributed by atoms with Crippen molar-refractivity contribution in [3.63, 3.8) is 0 Å². The third kappa shape index (κ3) is 2.59. The maximum Gasteiger partial charge on any atom is 0.435 e. The molecule has 0 radical (unpaired) electrons. The van der Waals surface area contributed by atoms with Gasteiger partial charge in [-0.25, -0.2) is 22.0 Å². The second-order valence-electron chi connectivity index (χ2n) is 6.82. The molecule has 152 valence electrons. The molecule has 1 aliphatic heterocycles. The Morgan fingerprint density at radius 2 is 1.52 bits per heavy atom. The van der Waals surface area contributed by atoms with Crippen molar-refractivity contribution in [3.05, 3.63) is 17.0 Å². The molecule has 2 heterocycles. The molecule has 0 N–H and O–H groups in total. The van der Waals surface area contributed by atoms with E-state index in [1.165, 1.54) is 0 Å². The molecule has 0 amide bonds. The summed E-state index contributed by atoms with van der Waals surface area (Å²) >= 11 is 0. The quantitative estimate of drug-likeness (QED) is 0.666. The van der Waals surface area contributed by atoms with E-state index in [1.54, 1.807) is 0 Å². The molecule has 6 atom stereocenters. The average molecular weight is 406 g/mol. The van der Waals surface area contributed by atoms with Crippen molar-refractivity contribution < 1.29 is 44.6 Å². The third-order valence-electron chi connectivity index (χ3n) is 5.19. The Kier molecular flexibility index (Phi) is 4.22. The first-order chi connectivity index (χ1) is 12.6. The molecule has 2 aliphatic carbocycles. The summed E-state index contributed by atoms with van der Waals surface area (Å²) in [4.78, 5) is 0. The number of hydrogen-bond acceptors (Lipinski definition) is 3. The second-order valence-corrected chi connectivity index (χ2v) is 6.82. The number of rotatable bonds is 1. The molecule has 12 heteroatoms. The molecular weight excluding hydrogens is 392 g/mol. The Bertz CT molecular complexity index is 720. The largest absolute Gasteiger partial charge is 0.435 e. The first-order valence-electron chi connectivity index (χ1n) is 8.26. The van der Waals surface area contributed by atoms with Crippen LogP contribution in [0.15, 0.2) is 0 Å². The fourth-order valence-corrected chi connectivity index (χ4v) is 4.04. The summed E-state index contributed by atoms with van der Waals surface area (Å²) in [5.41, 5.74) is -3.44. The van der Waals surface area contributed by atoms with Crippen LogP contribution < -0.4 is 0 Å². The third-order valence-corrected chi connectivity index (χ3v) is 5.19. The molecule has 1 aromatic rings. The van der Waals surface area contributed by atoms with Crippen molar-refractivity contribution in [2.75, 3.05) is 13.2 Å². The normalized spacial score (nSPS) is 38.5. The predicted octanol–water partition coefficient (Wildman–Crippen LogP) is 3.81. The molecule has 0 unspecified atom stereocenters. The zero-order valence-electron chi connectivity index (χ0n) is 13.5. The molecule has 1 saturated heterocycles. The number of alkyl halides is 8. The summed E-state index contributed by atoms with van der Waals surface area (Å²) in [5, 5.41) is 3.29. The van der Waals surface area contributed by atoms with Crippen molar-refractivity contribution in [1.29, 1.82) is 0 Å². The molecule has 0 bridgehead atoms. The lowest BCUT2D eigenvalue weighted by Crippen LogP contribution is -2.39. The summed E-state index contributed by atoms with van der Waals surface area (Å²) in [5.74, 6) is -2.61. The van der Waals surface area contributed by atoms with E-state index >= 15 is 0 Å². The van der Waals surface area contributed by atoms with Crippen LogP contribution in [-0.4, -0.2) is 47.7 Å². The number of aromatic nitrogens is 2. The van der Waals surface area contributed by atoms with E-state index in [9.17, 15) is 35.1 Å². The van der Waals surface area contributed by atoms with Gasteiger partial charge in [-0.2, -0.15) is 18.3 Å². The minimum atomic E-state index is -5.12. The molecule has 3 aliphatic rings. The Labute approximate surface area is 147 Å². The van der Waals surface area contributed by atoms with Crippen LogP contribution in [0.5, 0.6) is 0 Å². The second kappa shape index (κ2) is 6.03. The maximum absolute atomic E-state index is 14.7. The lowest BCUT2D eigenvalue weighted by molar-refractivity contribution is -0.217. The molecule has 4 rings (SSSR count). The van der Waals surface area contributed by atoms with Gasteiger partial charge in [-0.15, -0.1) is 0 Å². The van der Waals surface area contributed by atoms with Gasteiger partial charge in [0.25, 0.3) is 0 Å². The van der Waals surface area contributed by atoms with Crippen LogP contribution in [0.1, 0.15) is 42.0 Å². The monoisotopic (exact) mass is 406 g/mol. The Balaban J connectivity index is 1.87. The van der Waals surface area contributed by atoms with Crippen LogP contribution >= 0.6 is 0 Å². The SMILES string of the molecule is F[C@@H]1[C@H](F)C[C@@H](n2nc(C(F)(F)F)c3c2[C@@H](F)[C@@H](F)C32OCCO2)C[C@@H]1F. The number of nitrogens with zero attached hydrogens (tertiary/aromatic N) is 2. The summed E-state index contributed by atoms with van der Waals surface area (Å²) in [6.45, 7) is -0.526. The molecule has 0 aromatic carbocycles. The van der Waals surface area contributed by atoms with Gasteiger partial charge in [0.1, 0.15) is 12.3 Å². The van der Waals surface area contributed by atoms with E-state index in [1.807, 2.05) is 0 Å². The summed E-state index contributed by atoms with van der Waals surface area (Å²) in [7, 11) is 0. The standard InChI is InChI=1S/C15H14F8N2O2/c16-6-3-5(4-7(17)9(6)18)25-11-8(13(24-25)15(21,22)23)14(12(20)10(11)19)26-1-2-27-14/h5-7,9-10,12H,1-4H2/t5-,6-,7+,9-,10-,12-/m1/s1. The first-order valence-corrected chi connectivity index (χ1v) is 8.26. The van der Waals surface area contributed by atoms with E-state index in [0.29, 0.717) is 4.68 Å². The van der Waals surface area contributed by atoms with Gasteiger partial charge in [0, 0.05) is 12.8 Å². The van der Waals surface area contributed by atoms with E-state index in [4.69, 9.17) is 9.47 Å². The topological polar surface area (TPSA) is 36.3 Å². The molecular formula is C15H14F8N2O2. The zero-order chi connectivity index (χ0) is 19.7. The lowest BCUT2D eigenvalue weighted by atomic mass is 9.90. The predicted molar refractivity (Wildman–Crippen MR) is 72.5 cm³/mol. The molecule has 1 spiro atoms. The van der Waals surface area contributed by atoms with Crippen LogP contribution in [0.2, 0.25) is 0 Å². The average Bonchev–Trinajstić information content (AvgIpc) is 3.26. The Morgan fingerprint density at radius 1 is 0.963 bits per heavy atom. The van der Waals surface area contributed by atoms with Crippen LogP contribution in [-0.2, 0) is 21.4 Å². The van der Waals surface area contributed by atoms with E-state index in [-0.39, 0.29) is 13.2 Å². The number of fused-ring (bicyclic) bond motifs is 2. The fourth-order valence-electron chi connectivity index (χ4n) is 4.04. The minimum absolute atomic E-state index is 0.263. The van der Waals surface area contributed by atoms with Crippen molar-refractivity contribution >= 4 is 0 Å². The van der Waals surface area contributed by atoms with Crippen molar-refractivity contribution in [1.82, 2.24) is 9.78 Å². The van der Waals surface area contributed by atoms with Gasteiger partial charge in [0.2, 0.25) is 5.79 Å². The van der Waals surface area contributed by atoms with Crippen LogP contribution in [0.4, 0.5) is 35.1 Å². The molecule has 2 fully saturated rings. The number of hydrogen-bond donors (Lipinski definition) is 0. The van der Waals surface area contributed by atoms with Gasteiger partial charge in [-0.3, -0.25) is 4.68 Å². The highest BCUT2D eigenvalue weighted by Crippen LogP contribution is 2.56. The van der Waals surface area contributed by atoms with Crippen molar-refractivity contribution in [3.8, 4) is 0 Å². The highest BCUT2D eigenvalue weighted by atomic mass is 19.4. The summed E-state index contributed by atoms with van der Waals surface area (Å²) < 4.78 is 121. The van der Waals surface area contributed by atoms with Crippen molar-refractivity contribution in [2.45, 2.75) is 61.7 Å². The fraction of sp³-hybridized carbons (Fsp3) is 0.800. The minimum Gasteiger partial charge on any atom is -0.341 e. The van der Waals surface area contributed by atoms with Gasteiger partial charge >= 0.3 is 6.18 Å². The van der Waals surface area contributed by atoms with Gasteiger partial charge in [-0.1, -0.05) is 0 Å². The van der Waals surface area contributed by atoms with E-state index in [2.05, 4.69) is 5.10 Å². The van der Waals surface area contributed by atoms with E-state index in [0.717, 1.165) is 0 Å². The van der Waals surface area contributed by atoms with Crippen molar-refractivity contribution in [2.24, 2.45) is 0 Å². The molecule has 4 nitrogen and oxygen atoms in total. The first kappa shape index (κ1) is 18.9. The van der Waals surface area contributed by atoms with Crippen LogP contribution in [0.3, 0.4) is 0 Å². The highest BCUT2D eigenvalue weighted by Gasteiger charge is 2.65. The van der Waals surface area contributed by atoms with Gasteiger partial charge < -0.3 is 9.47 Å². The van der Waals surface area contributed by atoms with Crippen LogP contribution in [0.25, 0.3) is 0 Å². The molecule has 27 heavy (non-hydrogen) atoms. The number of ether oxygens (including phenoxy) is 2. The van der Waals surface area contributed by atoms with Gasteiger partial charge in [0.05, 0.1) is 30.5 Å². The van der Waals surface area contributed by atoms with Gasteiger partial charge in [0.15, 0.2) is 24.2 Å². The number of halogens is 8. The zero-order valence-corrected chi connectivity index (χ0v) is 13.5.